The van der Waals surface area contributed by atoms with Crippen LogP contribution in [0, 0.1) is 11.8 Å². The summed E-state index contributed by atoms with van der Waals surface area (Å²) in [6.07, 6.45) is 3.05. The molecule has 1 N–H and O–H groups in total. The van der Waals surface area contributed by atoms with Crippen LogP contribution in [0.2, 0.25) is 0 Å². The van der Waals surface area contributed by atoms with E-state index in [9.17, 15) is 9.59 Å². The van der Waals surface area contributed by atoms with Crippen LogP contribution in [0.5, 0.6) is 17.2 Å². The topological polar surface area (TPSA) is 73.9 Å². The molecule has 0 radical (unpaired) electrons. The van der Waals surface area contributed by atoms with Crippen LogP contribution in [0.25, 0.3) is 6.08 Å². The Labute approximate surface area is 170 Å². The molecule has 2 aromatic rings. The van der Waals surface area contributed by atoms with Gasteiger partial charge in [-0.05, 0) is 42.8 Å². The SMILES string of the molecule is COc1cc(/C=C/C(=O)NCC#Cc2ccc(C(C)=O)cc2)cc(OC)c1OC. The van der Waals surface area contributed by atoms with Crippen molar-refractivity contribution in [1.82, 2.24) is 5.32 Å². The lowest BCUT2D eigenvalue weighted by molar-refractivity contribution is -0.116. The van der Waals surface area contributed by atoms with Crippen LogP contribution in [0.3, 0.4) is 0 Å². The molecule has 6 nitrogen and oxygen atoms in total. The van der Waals surface area contributed by atoms with E-state index >= 15 is 0 Å². The molecule has 0 atom stereocenters. The molecular weight excluding hydrogens is 370 g/mol. The van der Waals surface area contributed by atoms with Crippen molar-refractivity contribution in [2.24, 2.45) is 0 Å². The van der Waals surface area contributed by atoms with Crippen molar-refractivity contribution in [2.75, 3.05) is 27.9 Å². The molecule has 0 aliphatic heterocycles. The number of hydrogen-bond acceptors (Lipinski definition) is 5. The van der Waals surface area contributed by atoms with Gasteiger partial charge >= 0.3 is 0 Å². The van der Waals surface area contributed by atoms with Crippen molar-refractivity contribution in [3.05, 3.63) is 59.2 Å². The third-order valence-electron chi connectivity index (χ3n) is 3.99. The molecule has 150 valence electrons. The number of ketones is 1. The Morgan fingerprint density at radius 2 is 1.62 bits per heavy atom. The van der Waals surface area contributed by atoms with E-state index in [-0.39, 0.29) is 18.2 Å². The molecule has 0 saturated heterocycles. The minimum atomic E-state index is -0.278. The molecule has 0 aliphatic rings. The molecule has 0 bridgehead atoms. The second-order valence-electron chi connectivity index (χ2n) is 5.95. The lowest BCUT2D eigenvalue weighted by Gasteiger charge is -2.12. The van der Waals surface area contributed by atoms with E-state index in [1.165, 1.54) is 34.3 Å². The zero-order chi connectivity index (χ0) is 21.2. The van der Waals surface area contributed by atoms with Crippen molar-refractivity contribution >= 4 is 17.8 Å². The summed E-state index contributed by atoms with van der Waals surface area (Å²) in [5, 5.41) is 2.69. The molecule has 0 unspecified atom stereocenters. The molecule has 0 heterocycles. The van der Waals surface area contributed by atoms with Gasteiger partial charge in [-0.25, -0.2) is 0 Å². The molecule has 2 rings (SSSR count). The van der Waals surface area contributed by atoms with Crippen LogP contribution in [-0.4, -0.2) is 39.6 Å². The van der Waals surface area contributed by atoms with Crippen LogP contribution >= 0.6 is 0 Å². The highest BCUT2D eigenvalue weighted by Crippen LogP contribution is 2.38. The number of hydrogen-bond donors (Lipinski definition) is 1. The molecular formula is C23H23NO5. The normalized spacial score (nSPS) is 10.1. The summed E-state index contributed by atoms with van der Waals surface area (Å²) in [5.41, 5.74) is 2.14. The smallest absolute Gasteiger partial charge is 0.244 e. The number of Topliss-reactive ketones (excluding diaryl/α,β-unsaturated/α-hetero) is 1. The quantitative estimate of drug-likeness (QED) is 0.445. The Hall–Kier alpha value is -3.72. The predicted octanol–water partition coefficient (Wildman–Crippen LogP) is 3.10. The molecule has 6 heteroatoms. The largest absolute Gasteiger partial charge is 0.493 e. The van der Waals surface area contributed by atoms with Crippen LogP contribution in [0.4, 0.5) is 0 Å². The summed E-state index contributed by atoms with van der Waals surface area (Å²) in [6.45, 7) is 1.72. The fraction of sp³-hybridized carbons (Fsp3) is 0.217. The third-order valence-corrected chi connectivity index (χ3v) is 3.99. The van der Waals surface area contributed by atoms with E-state index in [1.54, 1.807) is 42.5 Å². The van der Waals surface area contributed by atoms with Crippen LogP contribution in [0.15, 0.2) is 42.5 Å². The number of methoxy groups -OCH3 is 3. The summed E-state index contributed by atoms with van der Waals surface area (Å²) in [6, 6.07) is 10.5. The maximum atomic E-state index is 12.0. The minimum absolute atomic E-state index is 0.00987. The second kappa shape index (κ2) is 10.6. The Morgan fingerprint density at radius 3 is 2.14 bits per heavy atom. The summed E-state index contributed by atoms with van der Waals surface area (Å²) in [4.78, 5) is 23.2. The summed E-state index contributed by atoms with van der Waals surface area (Å²) in [5.74, 6) is 7.05. The van der Waals surface area contributed by atoms with Gasteiger partial charge in [-0.2, -0.15) is 0 Å². The number of nitrogens with one attached hydrogen (secondary N) is 1. The van der Waals surface area contributed by atoms with Gasteiger partial charge in [-0.3, -0.25) is 9.59 Å². The third kappa shape index (κ3) is 6.15. The van der Waals surface area contributed by atoms with E-state index in [4.69, 9.17) is 14.2 Å². The number of amides is 1. The number of carbonyl (C=O) groups excluding carboxylic acids is 2. The first-order valence-corrected chi connectivity index (χ1v) is 8.84. The molecule has 29 heavy (non-hydrogen) atoms. The van der Waals surface area contributed by atoms with Crippen LogP contribution in [0.1, 0.15) is 28.4 Å². The van der Waals surface area contributed by atoms with Gasteiger partial charge in [-0.1, -0.05) is 24.0 Å². The number of carbonyl (C=O) groups is 2. The van der Waals surface area contributed by atoms with Crippen molar-refractivity contribution in [3.63, 3.8) is 0 Å². The van der Waals surface area contributed by atoms with E-state index < -0.39 is 0 Å². The van der Waals surface area contributed by atoms with Crippen LogP contribution < -0.4 is 19.5 Å². The standard InChI is InChI=1S/C23H23NO5/c1-16(25)19-10-7-17(8-11-19)6-5-13-24-22(26)12-9-18-14-20(27-2)23(29-4)21(15-18)28-3/h7-12,14-15H,13H2,1-4H3,(H,24,26)/b12-9+. The maximum absolute atomic E-state index is 12.0. The number of ether oxygens (including phenoxy) is 3. The van der Waals surface area contributed by atoms with Gasteiger partial charge in [0.1, 0.15) is 0 Å². The minimum Gasteiger partial charge on any atom is -0.493 e. The van der Waals surface area contributed by atoms with Crippen molar-refractivity contribution in [3.8, 4) is 29.1 Å². The van der Waals surface area contributed by atoms with Crippen LogP contribution in [-0.2, 0) is 4.79 Å². The Balaban J connectivity index is 1.96. The monoisotopic (exact) mass is 393 g/mol. The van der Waals surface area contributed by atoms with Gasteiger partial charge in [0.15, 0.2) is 17.3 Å². The number of rotatable bonds is 7. The van der Waals surface area contributed by atoms with Crippen molar-refractivity contribution in [2.45, 2.75) is 6.92 Å². The lowest BCUT2D eigenvalue weighted by atomic mass is 10.1. The van der Waals surface area contributed by atoms with Crippen molar-refractivity contribution in [1.29, 1.82) is 0 Å². The molecule has 1 amide bonds. The van der Waals surface area contributed by atoms with Gasteiger partial charge in [-0.15, -0.1) is 0 Å². The van der Waals surface area contributed by atoms with Gasteiger partial charge < -0.3 is 19.5 Å². The summed E-state index contributed by atoms with van der Waals surface area (Å²) in [7, 11) is 4.59. The highest BCUT2D eigenvalue weighted by molar-refractivity contribution is 5.94. The molecule has 0 spiro atoms. The second-order valence-corrected chi connectivity index (χ2v) is 5.95. The fourth-order valence-corrected chi connectivity index (χ4v) is 2.49. The highest BCUT2D eigenvalue weighted by atomic mass is 16.5. The molecule has 0 saturated carbocycles. The first kappa shape index (κ1) is 21.6. The Bertz CT molecular complexity index is 940. The lowest BCUT2D eigenvalue weighted by Crippen LogP contribution is -2.20. The summed E-state index contributed by atoms with van der Waals surface area (Å²) >= 11 is 0. The first-order chi connectivity index (χ1) is 14.0. The molecule has 2 aromatic carbocycles. The molecule has 0 aliphatic carbocycles. The first-order valence-electron chi connectivity index (χ1n) is 8.84. The Kier molecular flexibility index (Phi) is 7.87. The maximum Gasteiger partial charge on any atom is 0.244 e. The van der Waals surface area contributed by atoms with E-state index in [0.29, 0.717) is 22.8 Å². The highest BCUT2D eigenvalue weighted by Gasteiger charge is 2.12. The van der Waals surface area contributed by atoms with E-state index in [1.807, 2.05) is 0 Å². The zero-order valence-electron chi connectivity index (χ0n) is 16.9. The summed E-state index contributed by atoms with van der Waals surface area (Å²) < 4.78 is 15.9. The fourth-order valence-electron chi connectivity index (χ4n) is 2.49. The van der Waals surface area contributed by atoms with Gasteiger partial charge in [0, 0.05) is 17.2 Å². The predicted molar refractivity (Wildman–Crippen MR) is 111 cm³/mol. The molecule has 0 aromatic heterocycles. The van der Waals surface area contributed by atoms with Gasteiger partial charge in [0.2, 0.25) is 11.7 Å². The Morgan fingerprint density at radius 1 is 1.00 bits per heavy atom. The molecule has 0 fully saturated rings. The average molecular weight is 393 g/mol. The van der Waals surface area contributed by atoms with Gasteiger partial charge in [0.25, 0.3) is 0 Å². The average Bonchev–Trinajstić information content (AvgIpc) is 2.74. The van der Waals surface area contributed by atoms with E-state index in [0.717, 1.165) is 11.1 Å². The number of benzene rings is 2. The van der Waals surface area contributed by atoms with Crippen molar-refractivity contribution < 1.29 is 23.8 Å². The van der Waals surface area contributed by atoms with Gasteiger partial charge in [0.05, 0.1) is 27.9 Å². The van der Waals surface area contributed by atoms with E-state index in [2.05, 4.69) is 17.2 Å². The zero-order valence-corrected chi connectivity index (χ0v) is 16.9.